The Kier molecular flexibility index (Phi) is 7.44. The zero-order chi connectivity index (χ0) is 22.9. The van der Waals surface area contributed by atoms with Crippen molar-refractivity contribution < 1.29 is 54.4 Å². The van der Waals surface area contributed by atoms with Crippen molar-refractivity contribution in [3.05, 3.63) is 58.4 Å². The normalized spacial score (nSPS) is 18.4. The van der Waals surface area contributed by atoms with E-state index in [-0.39, 0.29) is 47.9 Å². The lowest BCUT2D eigenvalue weighted by molar-refractivity contribution is -0.917. The largest absolute Gasteiger partial charge is 1.00 e. The van der Waals surface area contributed by atoms with Crippen LogP contribution in [0.1, 0.15) is 27.0 Å². The molecule has 0 amide bonds. The Balaban J connectivity index is 0.00000306. The van der Waals surface area contributed by atoms with E-state index in [0.717, 1.165) is 11.1 Å². The predicted molar refractivity (Wildman–Crippen MR) is 114 cm³/mol. The fourth-order valence-electron chi connectivity index (χ4n) is 4.30. The smallest absolute Gasteiger partial charge is 0.361 e. The Morgan fingerprint density at radius 3 is 2.48 bits per heavy atom. The van der Waals surface area contributed by atoms with Crippen molar-refractivity contribution in [3.63, 3.8) is 0 Å². The molecule has 2 heterocycles. The van der Waals surface area contributed by atoms with Gasteiger partial charge in [-0.15, -0.1) is 0 Å². The van der Waals surface area contributed by atoms with Crippen LogP contribution in [0.15, 0.2) is 30.3 Å². The van der Waals surface area contributed by atoms with Crippen molar-refractivity contribution in [2.24, 2.45) is 0 Å². The first-order valence-electron chi connectivity index (χ1n) is 10.2. The van der Waals surface area contributed by atoms with E-state index in [1.165, 1.54) is 25.3 Å². The summed E-state index contributed by atoms with van der Waals surface area (Å²) < 4.78 is 35.4. The molecule has 0 fully saturated rings. The first-order chi connectivity index (χ1) is 15.3. The molecule has 0 aromatic heterocycles. The number of hydrogen-bond donors (Lipinski definition) is 0. The third kappa shape index (κ3) is 4.89. The van der Waals surface area contributed by atoms with E-state index in [9.17, 15) is 14.0 Å². The zero-order valence-electron chi connectivity index (χ0n) is 18.7. The van der Waals surface area contributed by atoms with Crippen molar-refractivity contribution in [2.75, 3.05) is 41.1 Å². The Morgan fingerprint density at radius 2 is 1.82 bits per heavy atom. The van der Waals surface area contributed by atoms with Crippen LogP contribution in [-0.2, 0) is 22.5 Å². The van der Waals surface area contributed by atoms with Crippen molar-refractivity contribution in [3.8, 4) is 17.2 Å². The van der Waals surface area contributed by atoms with Crippen LogP contribution in [0.25, 0.3) is 6.08 Å². The number of nitrogens with zero attached hydrogens (tertiary/aromatic N) is 1. The minimum absolute atomic E-state index is 0. The first kappa shape index (κ1) is 24.7. The number of esters is 1. The summed E-state index contributed by atoms with van der Waals surface area (Å²) in [4.78, 5) is 25.2. The summed E-state index contributed by atoms with van der Waals surface area (Å²) >= 11 is 0. The minimum atomic E-state index is -0.339. The number of methoxy groups -OCH3 is 2. The number of ketones is 1. The number of hydrogen-bond acceptors (Lipinski definition) is 6. The van der Waals surface area contributed by atoms with Gasteiger partial charge in [0, 0.05) is 6.42 Å². The SMILES string of the molecule is COC(=O)C[N+]1(C)CCc2c(c(OC)c3c(c2C(=O)C=Cc2ccc(F)cc2)OCO3)C1.[Br-]. The first-order valence-corrected chi connectivity index (χ1v) is 10.2. The van der Waals surface area contributed by atoms with E-state index in [4.69, 9.17) is 18.9 Å². The molecular formula is C24H25BrFNO6. The van der Waals surface area contributed by atoms with Crippen LogP contribution in [0.3, 0.4) is 0 Å². The lowest BCUT2D eigenvalue weighted by Crippen LogP contribution is -3.00. The Hall–Kier alpha value is -2.91. The fourth-order valence-corrected chi connectivity index (χ4v) is 4.30. The summed E-state index contributed by atoms with van der Waals surface area (Å²) in [7, 11) is 4.89. The van der Waals surface area contributed by atoms with Gasteiger partial charge in [-0.05, 0) is 29.3 Å². The summed E-state index contributed by atoms with van der Waals surface area (Å²) in [6, 6.07) is 5.88. The van der Waals surface area contributed by atoms with Gasteiger partial charge < -0.3 is 40.4 Å². The zero-order valence-corrected chi connectivity index (χ0v) is 20.2. The molecule has 2 aromatic rings. The topological polar surface area (TPSA) is 71.1 Å². The maximum absolute atomic E-state index is 13.3. The van der Waals surface area contributed by atoms with E-state index >= 15 is 0 Å². The maximum atomic E-state index is 13.3. The quantitative estimate of drug-likeness (QED) is 0.233. The summed E-state index contributed by atoms with van der Waals surface area (Å²) in [6.07, 6.45) is 3.65. The van der Waals surface area contributed by atoms with Gasteiger partial charge >= 0.3 is 5.97 Å². The van der Waals surface area contributed by atoms with Crippen molar-refractivity contribution >= 4 is 17.8 Å². The lowest BCUT2D eigenvalue weighted by atomic mass is 9.89. The predicted octanol–water partition coefficient (Wildman–Crippen LogP) is 0.139. The monoisotopic (exact) mass is 521 g/mol. The van der Waals surface area contributed by atoms with Gasteiger partial charge in [-0.25, -0.2) is 9.18 Å². The van der Waals surface area contributed by atoms with E-state index < -0.39 is 0 Å². The van der Waals surface area contributed by atoms with Crippen molar-refractivity contribution in [1.82, 2.24) is 0 Å². The summed E-state index contributed by atoms with van der Waals surface area (Å²) in [5.74, 6) is 0.428. The number of ether oxygens (including phenoxy) is 4. The standard InChI is InChI=1S/C24H25FNO6.BrH/c1-26(13-20(28)29-2)11-10-17-18(12-26)22(30-3)24-23(31-14-32-24)21(17)19(27)9-6-15-4-7-16(25)8-5-15;/h4-9H,10-14H2,1-3H3;1H/q+1;/p-1. The second-order valence-corrected chi connectivity index (χ2v) is 8.16. The number of rotatable bonds is 6. The van der Waals surface area contributed by atoms with Crippen LogP contribution in [0.4, 0.5) is 4.39 Å². The summed E-state index contributed by atoms with van der Waals surface area (Å²) in [5.41, 5.74) is 2.81. The molecule has 1 atom stereocenters. The molecule has 33 heavy (non-hydrogen) atoms. The van der Waals surface area contributed by atoms with E-state index in [2.05, 4.69) is 0 Å². The number of allylic oxidation sites excluding steroid dienone is 1. The Morgan fingerprint density at radius 1 is 1.12 bits per heavy atom. The van der Waals surface area contributed by atoms with Gasteiger partial charge in [0.05, 0.1) is 38.9 Å². The highest BCUT2D eigenvalue weighted by molar-refractivity contribution is 6.11. The third-order valence-electron chi connectivity index (χ3n) is 5.91. The highest BCUT2D eigenvalue weighted by Gasteiger charge is 2.40. The molecule has 0 spiro atoms. The number of likely N-dealkylation sites (N-methyl/N-ethyl adjacent to an activating group) is 1. The molecule has 0 saturated heterocycles. The van der Waals surface area contributed by atoms with Gasteiger partial charge in [0.1, 0.15) is 12.4 Å². The number of benzene rings is 2. The molecule has 4 rings (SSSR count). The maximum Gasteiger partial charge on any atom is 0.361 e. The highest BCUT2D eigenvalue weighted by atomic mass is 79.9. The molecule has 0 radical (unpaired) electrons. The molecule has 0 bridgehead atoms. The number of halogens is 2. The number of fused-ring (bicyclic) bond motifs is 2. The van der Waals surface area contributed by atoms with Crippen LogP contribution in [-0.4, -0.2) is 57.4 Å². The summed E-state index contributed by atoms with van der Waals surface area (Å²) in [6.45, 7) is 1.32. The van der Waals surface area contributed by atoms with E-state index in [1.54, 1.807) is 25.3 Å². The average molecular weight is 522 g/mol. The average Bonchev–Trinajstić information content (AvgIpc) is 3.25. The molecule has 2 aliphatic rings. The van der Waals surface area contributed by atoms with Gasteiger partial charge in [-0.3, -0.25) is 4.79 Å². The fraction of sp³-hybridized carbons (Fsp3) is 0.333. The Labute approximate surface area is 202 Å². The van der Waals surface area contributed by atoms with Crippen molar-refractivity contribution in [1.29, 1.82) is 0 Å². The molecule has 0 saturated carbocycles. The van der Waals surface area contributed by atoms with Gasteiger partial charge in [-0.1, -0.05) is 18.2 Å². The second kappa shape index (κ2) is 9.93. The van der Waals surface area contributed by atoms with Crippen LogP contribution >= 0.6 is 0 Å². The molecular weight excluding hydrogens is 497 g/mol. The van der Waals surface area contributed by atoms with Crippen LogP contribution in [0.5, 0.6) is 17.2 Å². The third-order valence-corrected chi connectivity index (χ3v) is 5.91. The molecule has 2 aliphatic heterocycles. The second-order valence-electron chi connectivity index (χ2n) is 8.16. The number of carbonyl (C=O) groups excluding carboxylic acids is 2. The van der Waals surface area contributed by atoms with Crippen LogP contribution < -0.4 is 31.2 Å². The van der Waals surface area contributed by atoms with Crippen LogP contribution in [0, 0.1) is 5.82 Å². The molecule has 0 aliphatic carbocycles. The van der Waals surface area contributed by atoms with Gasteiger partial charge in [0.2, 0.25) is 12.5 Å². The number of quaternary nitrogens is 1. The van der Waals surface area contributed by atoms with Crippen molar-refractivity contribution in [2.45, 2.75) is 13.0 Å². The molecule has 2 aromatic carbocycles. The molecule has 7 nitrogen and oxygen atoms in total. The number of carbonyl (C=O) groups is 2. The lowest BCUT2D eigenvalue weighted by Gasteiger charge is -2.38. The van der Waals surface area contributed by atoms with Gasteiger partial charge in [0.15, 0.2) is 23.8 Å². The van der Waals surface area contributed by atoms with Gasteiger partial charge in [-0.2, -0.15) is 0 Å². The molecule has 9 heteroatoms. The molecule has 0 N–H and O–H groups in total. The summed E-state index contributed by atoms with van der Waals surface area (Å²) in [5, 5.41) is 0. The van der Waals surface area contributed by atoms with E-state index in [1.807, 2.05) is 7.05 Å². The van der Waals surface area contributed by atoms with E-state index in [0.29, 0.717) is 52.4 Å². The minimum Gasteiger partial charge on any atom is -1.00 e. The highest BCUT2D eigenvalue weighted by Crippen LogP contribution is 2.50. The van der Waals surface area contributed by atoms with Crippen LogP contribution in [0.2, 0.25) is 0 Å². The molecule has 1 unspecified atom stereocenters. The Bertz CT molecular complexity index is 1100. The van der Waals surface area contributed by atoms with Gasteiger partial charge in [0.25, 0.3) is 0 Å². The molecule has 176 valence electrons.